The maximum Gasteiger partial charge on any atom is 0.245 e. The number of hydrogen-bond acceptors (Lipinski definition) is 15. The van der Waals surface area contributed by atoms with Crippen molar-refractivity contribution in [3.63, 3.8) is 0 Å². The number of halogens is 1. The van der Waals surface area contributed by atoms with Crippen LogP contribution in [-0.4, -0.2) is 152 Å². The highest BCUT2D eigenvalue weighted by Gasteiger charge is 2.36. The Morgan fingerprint density at radius 2 is 1.42 bits per heavy atom. The van der Waals surface area contributed by atoms with Crippen molar-refractivity contribution in [3.05, 3.63) is 99.3 Å². The fraction of sp³-hybridized carbons (Fsp3) is 0.449. The van der Waals surface area contributed by atoms with E-state index in [1.807, 2.05) is 46.9 Å². The number of aliphatic hydroxyl groups is 3. The molecule has 1 aliphatic heterocycles. The van der Waals surface area contributed by atoms with Crippen LogP contribution < -0.4 is 48.7 Å². The van der Waals surface area contributed by atoms with Crippen LogP contribution in [0.15, 0.2) is 79.0 Å². The number of aromatic nitrogens is 1. The molecule has 16 N–H and O–H groups in total. The summed E-state index contributed by atoms with van der Waals surface area (Å²) in [5.74, 6) is -6.31. The Balaban J connectivity index is 1.59. The molecule has 0 saturated carbocycles. The number of nitrogens with two attached hydrogens (primary N) is 2. The van der Waals surface area contributed by atoms with E-state index in [9.17, 15) is 54.0 Å². The van der Waals surface area contributed by atoms with Crippen LogP contribution in [-0.2, 0) is 52.8 Å². The zero-order valence-electron chi connectivity index (χ0n) is 40.3. The lowest BCUT2D eigenvalue weighted by Gasteiger charge is -2.29. The number of unbranched alkanes of at least 4 members (excludes halogenated alkanes) is 1. The molecule has 0 bridgehead atoms. The Morgan fingerprint density at radius 1 is 0.781 bits per heavy atom. The number of fused-ring (bicyclic) bond motifs is 1. The highest BCUT2D eigenvalue weighted by molar-refractivity contribution is 14.1. The lowest BCUT2D eigenvalue weighted by atomic mass is 10.0. The van der Waals surface area contributed by atoms with Crippen LogP contribution in [0.3, 0.4) is 0 Å². The average Bonchev–Trinajstić information content (AvgIpc) is 3.77. The number of carbonyl (C=O) groups excluding carboxylic acids is 7. The van der Waals surface area contributed by atoms with Crippen molar-refractivity contribution in [1.82, 2.24) is 42.2 Å². The Morgan fingerprint density at radius 3 is 2.10 bits per heavy atom. The van der Waals surface area contributed by atoms with Crippen molar-refractivity contribution in [2.24, 2.45) is 11.5 Å². The van der Waals surface area contributed by atoms with Gasteiger partial charge >= 0.3 is 0 Å². The second-order valence-electron chi connectivity index (χ2n) is 17.8. The number of aliphatic hydroxyl groups excluding tert-OH is 3. The van der Waals surface area contributed by atoms with Crippen molar-refractivity contribution in [1.29, 1.82) is 0 Å². The molecule has 0 radical (unpaired) electrons. The van der Waals surface area contributed by atoms with E-state index < -0.39 is 108 Å². The number of rotatable bonds is 17. The zero-order chi connectivity index (χ0) is 53.2. The number of benzene rings is 3. The van der Waals surface area contributed by atoms with Gasteiger partial charge in [0.2, 0.25) is 41.4 Å². The van der Waals surface area contributed by atoms with Gasteiger partial charge in [0.05, 0.1) is 34.5 Å². The number of phenols is 1. The summed E-state index contributed by atoms with van der Waals surface area (Å²) in [5, 5.41) is 60.8. The van der Waals surface area contributed by atoms with Crippen LogP contribution in [0.2, 0.25) is 0 Å². The summed E-state index contributed by atoms with van der Waals surface area (Å²) in [6.07, 6.45) is -0.438. The zero-order valence-corrected chi connectivity index (χ0v) is 44.1. The molecule has 1 fully saturated rings. The topological polar surface area (TPSA) is 352 Å². The number of H-pyrrole nitrogens is 1. The molecule has 10 atom stereocenters. The predicted octanol–water partition coefficient (Wildman–Crippen LogP) is -0.495. The Labute approximate surface area is 444 Å². The summed E-state index contributed by atoms with van der Waals surface area (Å²) < 4.78 is 0.453. The van der Waals surface area contributed by atoms with Crippen molar-refractivity contribution < 1.29 is 54.0 Å². The Bertz CT molecular complexity index is 2520. The first-order chi connectivity index (χ1) is 34.9. The number of hydrogen-bond donors (Lipinski definition) is 14. The van der Waals surface area contributed by atoms with Gasteiger partial charge in [-0.2, -0.15) is 0 Å². The van der Waals surface area contributed by atoms with Crippen LogP contribution >= 0.6 is 44.2 Å². The monoisotopic (exact) mass is 1160 g/mol. The fourth-order valence-corrected chi connectivity index (χ4v) is 10.7. The highest BCUT2D eigenvalue weighted by Crippen LogP contribution is 2.25. The first kappa shape index (κ1) is 58.4. The SMILES string of the molecule is C[C@@H](O)[C@H](CO)NC(=O)[C@@H]1CSSC[C@H](NC(=O)[C@H](N)Cc2ccccc2)C(=O)N[C@@H](Cc2ccc(O)c(I)c2)C(=O)N[C@H](Cc2c[nH]c3ccccc23)C(=O)N[C@@H](CCCCN)C(=O)N[C@@H]([C@@H](C)O)C(=O)N1. The minimum absolute atomic E-state index is 0.0117. The summed E-state index contributed by atoms with van der Waals surface area (Å²) in [6.45, 7) is 2.18. The maximum absolute atomic E-state index is 14.8. The normalized spacial score (nSPS) is 22.5. The standard InChI is InChI=1S/C49H65IN10O11S2/c1-26(62)38(23-61)57-48(70)40-25-73-72-24-39(58-43(65)33(52)19-28-10-4-3-5-11-28)47(69)55-36(20-29-15-16-41(64)32(50)18-29)45(67)56-37(21-30-22-53-34-13-7-6-12-31(30)34)46(68)54-35(14-8-9-17-51)44(66)60-42(27(2)63)49(71)59-40/h3-7,10-13,15-16,18,22,26-27,33,35-40,42,53,61-64H,8-9,14,17,19-21,23-25,51-52H2,1-2H3,(H,54,68)(H,55,69)(H,56,67)(H,57,70)(H,58,65)(H,59,71)(H,60,66)/t26-,27-,33-,35+,36+,37-,38+,39+,40+,42+/m1/s1. The molecule has 0 aliphatic carbocycles. The highest BCUT2D eigenvalue weighted by atomic mass is 127. The van der Waals surface area contributed by atoms with Gasteiger partial charge in [-0.15, -0.1) is 0 Å². The summed E-state index contributed by atoms with van der Waals surface area (Å²) in [5.41, 5.74) is 14.8. The third-order valence-corrected chi connectivity index (χ3v) is 15.3. The largest absolute Gasteiger partial charge is 0.507 e. The summed E-state index contributed by atoms with van der Waals surface area (Å²) in [4.78, 5) is 103. The van der Waals surface area contributed by atoms with Gasteiger partial charge in [0, 0.05) is 41.4 Å². The number of aromatic amines is 1. The molecule has 1 aromatic heterocycles. The lowest BCUT2D eigenvalue weighted by Crippen LogP contribution is -2.62. The van der Waals surface area contributed by atoms with Crippen LogP contribution in [0.1, 0.15) is 49.8 Å². The van der Waals surface area contributed by atoms with Gasteiger partial charge in [-0.25, -0.2) is 0 Å². The minimum Gasteiger partial charge on any atom is -0.507 e. The third-order valence-electron chi connectivity index (χ3n) is 12.0. The maximum atomic E-state index is 14.8. The second kappa shape index (κ2) is 28.8. The quantitative estimate of drug-likeness (QED) is 0.0360. The first-order valence-electron chi connectivity index (χ1n) is 23.7. The first-order valence-corrected chi connectivity index (χ1v) is 27.3. The van der Waals surface area contributed by atoms with Crippen LogP contribution in [0.4, 0.5) is 0 Å². The number of nitrogens with one attached hydrogen (secondary N) is 8. The molecule has 21 nitrogen and oxygen atoms in total. The van der Waals surface area contributed by atoms with Crippen molar-refractivity contribution in [2.45, 2.75) is 113 Å². The molecule has 396 valence electrons. The summed E-state index contributed by atoms with van der Waals surface area (Å²) in [7, 11) is 2.01. The minimum atomic E-state index is -1.68. The van der Waals surface area contributed by atoms with E-state index in [0.717, 1.165) is 38.1 Å². The molecule has 4 aromatic rings. The fourth-order valence-electron chi connectivity index (χ4n) is 7.79. The molecule has 3 aromatic carbocycles. The van der Waals surface area contributed by atoms with Gasteiger partial charge in [-0.1, -0.05) is 76.2 Å². The van der Waals surface area contributed by atoms with Gasteiger partial charge in [0.1, 0.15) is 42.0 Å². The molecule has 1 aliphatic rings. The number of amides is 7. The third kappa shape index (κ3) is 17.6. The molecular formula is C49H65IN10O11S2. The molecular weight excluding hydrogens is 1100 g/mol. The van der Waals surface area contributed by atoms with Gasteiger partial charge in [-0.3, -0.25) is 33.6 Å². The Hall–Kier alpha value is -5.48. The summed E-state index contributed by atoms with van der Waals surface area (Å²) >= 11 is 1.92. The molecule has 7 amide bonds. The molecule has 24 heteroatoms. The lowest BCUT2D eigenvalue weighted by molar-refractivity contribution is -0.136. The number of aromatic hydroxyl groups is 1. The van der Waals surface area contributed by atoms with E-state index in [2.05, 4.69) is 42.2 Å². The van der Waals surface area contributed by atoms with Gasteiger partial charge in [0.25, 0.3) is 0 Å². The number of carbonyl (C=O) groups is 7. The van der Waals surface area contributed by atoms with Crippen molar-refractivity contribution in [3.8, 4) is 5.75 Å². The smallest absolute Gasteiger partial charge is 0.245 e. The van der Waals surface area contributed by atoms with E-state index in [1.54, 1.807) is 48.7 Å². The predicted molar refractivity (Wildman–Crippen MR) is 286 cm³/mol. The van der Waals surface area contributed by atoms with Crippen LogP contribution in [0.5, 0.6) is 5.75 Å². The van der Waals surface area contributed by atoms with Crippen LogP contribution in [0, 0.1) is 3.57 Å². The van der Waals surface area contributed by atoms with E-state index in [4.69, 9.17) is 11.5 Å². The molecule has 2 heterocycles. The number of para-hydroxylation sites is 1. The van der Waals surface area contributed by atoms with Gasteiger partial charge in [0.15, 0.2) is 0 Å². The molecule has 73 heavy (non-hydrogen) atoms. The van der Waals surface area contributed by atoms with Crippen molar-refractivity contribution >= 4 is 96.4 Å². The number of phenolic OH excluding ortho intramolecular Hbond substituents is 1. The molecule has 5 rings (SSSR count). The average molecular weight is 1160 g/mol. The van der Waals surface area contributed by atoms with Crippen molar-refractivity contribution in [2.75, 3.05) is 24.7 Å². The van der Waals surface area contributed by atoms with E-state index >= 15 is 0 Å². The van der Waals surface area contributed by atoms with E-state index in [0.29, 0.717) is 27.5 Å². The van der Waals surface area contributed by atoms with E-state index in [1.165, 1.54) is 19.9 Å². The molecule has 1 saturated heterocycles. The van der Waals surface area contributed by atoms with Crippen LogP contribution in [0.25, 0.3) is 10.9 Å². The Kier molecular flexibility index (Phi) is 23.1. The van der Waals surface area contributed by atoms with Gasteiger partial charge in [-0.05, 0) is 104 Å². The second-order valence-corrected chi connectivity index (χ2v) is 21.5. The van der Waals surface area contributed by atoms with Gasteiger partial charge < -0.3 is 74.1 Å². The molecule has 0 unspecified atom stereocenters. The molecule has 0 spiro atoms. The summed E-state index contributed by atoms with van der Waals surface area (Å²) in [6, 6.07) is 9.96. The van der Waals surface area contributed by atoms with E-state index in [-0.39, 0.29) is 49.5 Å².